The molecule has 1 aliphatic rings. The van der Waals surface area contributed by atoms with Gasteiger partial charge in [0.05, 0.1) is 18.8 Å². The molecule has 0 aromatic heterocycles. The van der Waals surface area contributed by atoms with Gasteiger partial charge in [-0.05, 0) is 31.9 Å². The molecule has 0 aliphatic heterocycles. The van der Waals surface area contributed by atoms with Crippen LogP contribution in [0.5, 0.6) is 0 Å². The Morgan fingerprint density at radius 3 is 2.85 bits per heavy atom. The third kappa shape index (κ3) is 4.03. The zero-order valence-electron chi connectivity index (χ0n) is 12.6. The van der Waals surface area contributed by atoms with Gasteiger partial charge in [-0.15, -0.1) is 0 Å². The number of benzene rings is 1. The van der Waals surface area contributed by atoms with E-state index in [-0.39, 0.29) is 11.9 Å². The minimum absolute atomic E-state index is 0.0711. The Balaban J connectivity index is 1.89. The van der Waals surface area contributed by atoms with Crippen LogP contribution in [0, 0.1) is 11.7 Å². The molecule has 112 valence electrons. The largest absolute Gasteiger partial charge is 0.376 e. The summed E-state index contributed by atoms with van der Waals surface area (Å²) >= 11 is 0. The first-order valence-corrected chi connectivity index (χ1v) is 7.77. The van der Waals surface area contributed by atoms with Crippen LogP contribution < -0.4 is 5.32 Å². The van der Waals surface area contributed by atoms with E-state index in [4.69, 9.17) is 4.74 Å². The molecule has 3 unspecified atom stereocenters. The van der Waals surface area contributed by atoms with E-state index in [0.29, 0.717) is 18.3 Å². The Kier molecular flexibility index (Phi) is 5.99. The lowest BCUT2D eigenvalue weighted by Gasteiger charge is -2.30. The Morgan fingerprint density at radius 2 is 2.15 bits per heavy atom. The van der Waals surface area contributed by atoms with Gasteiger partial charge in [0.1, 0.15) is 5.82 Å². The maximum absolute atomic E-state index is 13.8. The van der Waals surface area contributed by atoms with Gasteiger partial charge in [0, 0.05) is 5.56 Å². The molecule has 0 bridgehead atoms. The standard InChI is InChI=1S/C17H26FNO/c1-3-13-7-6-8-14(11-13)20-12-17(19-2)15-9-4-5-10-16(15)18/h4-5,9-10,13-14,17,19H,3,6-8,11-12H2,1-2H3. The molecule has 1 N–H and O–H groups in total. The summed E-state index contributed by atoms with van der Waals surface area (Å²) in [6.45, 7) is 2.79. The summed E-state index contributed by atoms with van der Waals surface area (Å²) < 4.78 is 19.9. The minimum atomic E-state index is -0.162. The molecule has 3 heteroatoms. The van der Waals surface area contributed by atoms with E-state index < -0.39 is 0 Å². The summed E-state index contributed by atoms with van der Waals surface area (Å²) in [4.78, 5) is 0. The van der Waals surface area contributed by atoms with Crippen molar-refractivity contribution in [2.75, 3.05) is 13.7 Å². The summed E-state index contributed by atoms with van der Waals surface area (Å²) in [5.41, 5.74) is 0.692. The number of hydrogen-bond acceptors (Lipinski definition) is 2. The first-order valence-electron chi connectivity index (χ1n) is 7.77. The predicted octanol–water partition coefficient (Wildman–Crippen LogP) is 4.07. The highest BCUT2D eigenvalue weighted by Gasteiger charge is 2.23. The van der Waals surface area contributed by atoms with Gasteiger partial charge < -0.3 is 10.1 Å². The number of halogens is 1. The van der Waals surface area contributed by atoms with Crippen molar-refractivity contribution in [2.45, 2.75) is 51.2 Å². The number of likely N-dealkylation sites (N-methyl/N-ethyl adjacent to an activating group) is 1. The quantitative estimate of drug-likeness (QED) is 0.847. The zero-order valence-corrected chi connectivity index (χ0v) is 12.6. The van der Waals surface area contributed by atoms with Crippen LogP contribution in [0.2, 0.25) is 0 Å². The lowest BCUT2D eigenvalue weighted by molar-refractivity contribution is 0.00170. The molecule has 1 saturated carbocycles. The van der Waals surface area contributed by atoms with E-state index in [1.807, 2.05) is 19.2 Å². The molecular weight excluding hydrogens is 253 g/mol. The summed E-state index contributed by atoms with van der Waals surface area (Å²) in [7, 11) is 1.86. The summed E-state index contributed by atoms with van der Waals surface area (Å²) in [6.07, 6.45) is 6.47. The minimum Gasteiger partial charge on any atom is -0.376 e. The Morgan fingerprint density at radius 1 is 1.35 bits per heavy atom. The van der Waals surface area contributed by atoms with E-state index in [9.17, 15) is 4.39 Å². The van der Waals surface area contributed by atoms with Gasteiger partial charge >= 0.3 is 0 Å². The van der Waals surface area contributed by atoms with Gasteiger partial charge in [0.25, 0.3) is 0 Å². The van der Waals surface area contributed by atoms with Crippen molar-refractivity contribution < 1.29 is 9.13 Å². The second-order valence-corrected chi connectivity index (χ2v) is 5.76. The van der Waals surface area contributed by atoms with Crippen LogP contribution in [0.1, 0.15) is 50.6 Å². The molecule has 0 radical (unpaired) electrons. The average Bonchev–Trinajstić information content (AvgIpc) is 2.49. The van der Waals surface area contributed by atoms with Gasteiger partial charge in [0.15, 0.2) is 0 Å². The van der Waals surface area contributed by atoms with E-state index in [2.05, 4.69) is 12.2 Å². The molecule has 1 fully saturated rings. The first kappa shape index (κ1) is 15.5. The van der Waals surface area contributed by atoms with Crippen molar-refractivity contribution in [2.24, 2.45) is 5.92 Å². The number of hydrogen-bond donors (Lipinski definition) is 1. The number of ether oxygens (including phenoxy) is 1. The molecule has 1 aliphatic carbocycles. The third-order valence-electron chi connectivity index (χ3n) is 4.44. The summed E-state index contributed by atoms with van der Waals surface area (Å²) in [5.74, 6) is 0.640. The van der Waals surface area contributed by atoms with Crippen molar-refractivity contribution >= 4 is 0 Å². The van der Waals surface area contributed by atoms with Crippen molar-refractivity contribution in [3.05, 3.63) is 35.6 Å². The lowest BCUT2D eigenvalue weighted by atomic mass is 9.85. The fourth-order valence-corrected chi connectivity index (χ4v) is 3.08. The second-order valence-electron chi connectivity index (χ2n) is 5.76. The van der Waals surface area contributed by atoms with Gasteiger partial charge in [-0.2, -0.15) is 0 Å². The first-order chi connectivity index (χ1) is 9.74. The highest BCUT2D eigenvalue weighted by Crippen LogP contribution is 2.29. The van der Waals surface area contributed by atoms with Crippen LogP contribution in [0.4, 0.5) is 4.39 Å². The summed E-state index contributed by atoms with van der Waals surface area (Å²) in [6, 6.07) is 6.86. The van der Waals surface area contributed by atoms with Gasteiger partial charge in [-0.3, -0.25) is 0 Å². The number of nitrogens with one attached hydrogen (secondary N) is 1. The molecule has 3 atom stereocenters. The maximum atomic E-state index is 13.8. The monoisotopic (exact) mass is 279 g/mol. The molecule has 0 heterocycles. The van der Waals surface area contributed by atoms with Crippen LogP contribution in [-0.4, -0.2) is 19.8 Å². The molecule has 0 amide bonds. The molecular formula is C17H26FNO. The van der Waals surface area contributed by atoms with E-state index in [0.717, 1.165) is 18.8 Å². The maximum Gasteiger partial charge on any atom is 0.128 e. The smallest absolute Gasteiger partial charge is 0.128 e. The Labute approximate surface area is 121 Å². The normalized spacial score (nSPS) is 24.6. The molecule has 0 saturated heterocycles. The van der Waals surface area contributed by atoms with Crippen LogP contribution in [0.3, 0.4) is 0 Å². The van der Waals surface area contributed by atoms with Crippen LogP contribution in [-0.2, 0) is 4.74 Å². The third-order valence-corrected chi connectivity index (χ3v) is 4.44. The predicted molar refractivity (Wildman–Crippen MR) is 80.2 cm³/mol. The van der Waals surface area contributed by atoms with Gasteiger partial charge in [0.2, 0.25) is 0 Å². The van der Waals surface area contributed by atoms with E-state index in [1.54, 1.807) is 6.07 Å². The Hall–Kier alpha value is -0.930. The van der Waals surface area contributed by atoms with Crippen molar-refractivity contribution in [3.63, 3.8) is 0 Å². The summed E-state index contributed by atoms with van der Waals surface area (Å²) in [5, 5.41) is 3.16. The van der Waals surface area contributed by atoms with Crippen molar-refractivity contribution in [3.8, 4) is 0 Å². The van der Waals surface area contributed by atoms with E-state index >= 15 is 0 Å². The highest BCUT2D eigenvalue weighted by atomic mass is 19.1. The second kappa shape index (κ2) is 7.75. The van der Waals surface area contributed by atoms with Crippen LogP contribution in [0.25, 0.3) is 0 Å². The fourth-order valence-electron chi connectivity index (χ4n) is 3.08. The molecule has 2 rings (SSSR count). The van der Waals surface area contributed by atoms with Crippen LogP contribution in [0.15, 0.2) is 24.3 Å². The molecule has 2 nitrogen and oxygen atoms in total. The SMILES string of the molecule is CCC1CCCC(OCC(NC)c2ccccc2F)C1. The molecule has 20 heavy (non-hydrogen) atoms. The van der Waals surface area contributed by atoms with Crippen molar-refractivity contribution in [1.82, 2.24) is 5.32 Å². The van der Waals surface area contributed by atoms with Gasteiger partial charge in [-0.25, -0.2) is 4.39 Å². The average molecular weight is 279 g/mol. The molecule has 0 spiro atoms. The van der Waals surface area contributed by atoms with Crippen molar-refractivity contribution in [1.29, 1.82) is 0 Å². The van der Waals surface area contributed by atoms with Crippen LogP contribution >= 0.6 is 0 Å². The topological polar surface area (TPSA) is 21.3 Å². The lowest BCUT2D eigenvalue weighted by Crippen LogP contribution is -2.29. The van der Waals surface area contributed by atoms with Gasteiger partial charge in [-0.1, -0.05) is 44.4 Å². The molecule has 1 aromatic rings. The number of rotatable bonds is 6. The van der Waals surface area contributed by atoms with E-state index in [1.165, 1.54) is 25.3 Å². The fraction of sp³-hybridized carbons (Fsp3) is 0.647. The zero-order chi connectivity index (χ0) is 14.4. The molecule has 1 aromatic carbocycles. The highest BCUT2D eigenvalue weighted by molar-refractivity contribution is 5.21. The Bertz CT molecular complexity index is 410.